The summed E-state index contributed by atoms with van der Waals surface area (Å²) in [5.41, 5.74) is 2.07. The summed E-state index contributed by atoms with van der Waals surface area (Å²) in [5.74, 6) is 0.958. The maximum absolute atomic E-state index is 12.7. The van der Waals surface area contributed by atoms with Crippen LogP contribution in [0.5, 0.6) is 17.2 Å². The number of hydrogen-bond acceptors (Lipinski definition) is 6. The van der Waals surface area contributed by atoms with Gasteiger partial charge in [0.1, 0.15) is 0 Å². The zero-order chi connectivity index (χ0) is 20.0. The lowest BCUT2D eigenvalue weighted by Crippen LogP contribution is -2.11. The molecule has 0 saturated heterocycles. The molecule has 7 heteroatoms. The minimum Gasteiger partial charge on any atom is -0.493 e. The third-order valence-electron chi connectivity index (χ3n) is 4.00. The Kier molecular flexibility index (Phi) is 6.79. The minimum atomic E-state index is -0.279. The van der Waals surface area contributed by atoms with Crippen molar-refractivity contribution in [1.82, 2.24) is 0 Å². The molecule has 144 valence electrons. The summed E-state index contributed by atoms with van der Waals surface area (Å²) in [6, 6.07) is 8.24. The van der Waals surface area contributed by atoms with Gasteiger partial charge in [0.25, 0.3) is 0 Å². The Morgan fingerprint density at radius 1 is 1.00 bits per heavy atom. The quantitative estimate of drug-likeness (QED) is 0.691. The molecule has 27 heavy (non-hydrogen) atoms. The average molecular weight is 373 g/mol. The molecule has 0 heterocycles. The number of rotatable bonds is 8. The van der Waals surface area contributed by atoms with E-state index in [9.17, 15) is 14.7 Å². The Morgan fingerprint density at radius 3 is 2.11 bits per heavy atom. The number of methoxy groups -OCH3 is 3. The van der Waals surface area contributed by atoms with E-state index in [2.05, 4.69) is 5.32 Å². The molecule has 0 aliphatic carbocycles. The summed E-state index contributed by atoms with van der Waals surface area (Å²) < 4.78 is 15.9. The highest BCUT2D eigenvalue weighted by Crippen LogP contribution is 2.38. The fourth-order valence-corrected chi connectivity index (χ4v) is 2.72. The molecule has 7 nitrogen and oxygen atoms in total. The minimum absolute atomic E-state index is 0.106. The van der Waals surface area contributed by atoms with Crippen molar-refractivity contribution in [2.24, 2.45) is 0 Å². The van der Waals surface area contributed by atoms with Crippen LogP contribution in [0.1, 0.15) is 28.4 Å². The highest BCUT2D eigenvalue weighted by molar-refractivity contribution is 6.00. The molecule has 0 aromatic heterocycles. The number of hydrogen-bond donors (Lipinski definition) is 2. The number of nitrogens with one attached hydrogen (secondary N) is 1. The number of ketones is 1. The SMILES string of the molecule is COc1cc(CC(=O)c2ccc(CO)c(NC(C)=O)c2)cc(OC)c1OC. The largest absolute Gasteiger partial charge is 0.493 e. The maximum atomic E-state index is 12.7. The summed E-state index contributed by atoms with van der Waals surface area (Å²) in [6.07, 6.45) is 0.106. The summed E-state index contributed by atoms with van der Waals surface area (Å²) in [6.45, 7) is 1.13. The molecule has 0 saturated carbocycles. The first-order chi connectivity index (χ1) is 12.9. The molecule has 0 atom stereocenters. The fourth-order valence-electron chi connectivity index (χ4n) is 2.72. The number of ether oxygens (including phenoxy) is 3. The second-order valence-corrected chi connectivity index (χ2v) is 5.84. The van der Waals surface area contributed by atoms with Gasteiger partial charge in [-0.2, -0.15) is 0 Å². The van der Waals surface area contributed by atoms with Crippen molar-refractivity contribution in [3.8, 4) is 17.2 Å². The van der Waals surface area contributed by atoms with Gasteiger partial charge in [-0.1, -0.05) is 12.1 Å². The third-order valence-corrected chi connectivity index (χ3v) is 4.00. The molecule has 0 unspecified atom stereocenters. The lowest BCUT2D eigenvalue weighted by molar-refractivity contribution is -0.114. The van der Waals surface area contributed by atoms with E-state index in [4.69, 9.17) is 14.2 Å². The number of carbonyl (C=O) groups is 2. The Hall–Kier alpha value is -3.06. The van der Waals surface area contributed by atoms with Gasteiger partial charge in [0, 0.05) is 30.2 Å². The number of amides is 1. The van der Waals surface area contributed by atoms with Gasteiger partial charge in [-0.05, 0) is 23.8 Å². The smallest absolute Gasteiger partial charge is 0.221 e. The molecule has 2 aromatic rings. The number of anilines is 1. The van der Waals surface area contributed by atoms with Crippen LogP contribution in [0.3, 0.4) is 0 Å². The van der Waals surface area contributed by atoms with Gasteiger partial charge in [0.15, 0.2) is 17.3 Å². The normalized spacial score (nSPS) is 10.3. The molecule has 2 N–H and O–H groups in total. The Balaban J connectivity index is 2.33. The highest BCUT2D eigenvalue weighted by Gasteiger charge is 2.16. The molecule has 0 aliphatic heterocycles. The monoisotopic (exact) mass is 373 g/mol. The first-order valence-electron chi connectivity index (χ1n) is 8.26. The van der Waals surface area contributed by atoms with E-state index in [1.165, 1.54) is 28.3 Å². The fraction of sp³-hybridized carbons (Fsp3) is 0.300. The van der Waals surface area contributed by atoms with E-state index < -0.39 is 0 Å². The molecule has 0 radical (unpaired) electrons. The van der Waals surface area contributed by atoms with Crippen molar-refractivity contribution >= 4 is 17.4 Å². The molecule has 0 spiro atoms. The van der Waals surface area contributed by atoms with Crippen LogP contribution in [0, 0.1) is 0 Å². The van der Waals surface area contributed by atoms with E-state index in [1.54, 1.807) is 30.3 Å². The molecule has 1 amide bonds. The van der Waals surface area contributed by atoms with E-state index in [-0.39, 0.29) is 24.7 Å². The molecule has 2 aromatic carbocycles. The Bertz CT molecular complexity index is 821. The molecule has 0 bridgehead atoms. The Morgan fingerprint density at radius 2 is 1.63 bits per heavy atom. The van der Waals surface area contributed by atoms with Crippen LogP contribution in [-0.2, 0) is 17.8 Å². The highest BCUT2D eigenvalue weighted by atomic mass is 16.5. The van der Waals surface area contributed by atoms with Gasteiger partial charge in [0.05, 0.1) is 27.9 Å². The first kappa shape index (κ1) is 20.3. The number of aliphatic hydroxyl groups excluding tert-OH is 1. The van der Waals surface area contributed by atoms with Crippen LogP contribution in [-0.4, -0.2) is 38.1 Å². The third kappa shape index (κ3) is 4.77. The van der Waals surface area contributed by atoms with Crippen molar-refractivity contribution in [2.75, 3.05) is 26.6 Å². The van der Waals surface area contributed by atoms with Crippen LogP contribution < -0.4 is 19.5 Å². The summed E-state index contributed by atoms with van der Waals surface area (Å²) in [4.78, 5) is 24.1. The van der Waals surface area contributed by atoms with Crippen molar-refractivity contribution in [3.63, 3.8) is 0 Å². The van der Waals surface area contributed by atoms with Crippen LogP contribution in [0.25, 0.3) is 0 Å². The predicted octanol–water partition coefficient (Wildman–Crippen LogP) is 2.59. The molecule has 0 aliphatic rings. The van der Waals surface area contributed by atoms with E-state index >= 15 is 0 Å². The van der Waals surface area contributed by atoms with Gasteiger partial charge in [-0.15, -0.1) is 0 Å². The first-order valence-corrected chi connectivity index (χ1v) is 8.26. The molecule has 2 rings (SSSR count). The summed E-state index contributed by atoms with van der Waals surface area (Å²) in [7, 11) is 4.53. The van der Waals surface area contributed by atoms with E-state index in [1.807, 2.05) is 0 Å². The molecular weight excluding hydrogens is 350 g/mol. The van der Waals surface area contributed by atoms with Crippen LogP contribution in [0.2, 0.25) is 0 Å². The van der Waals surface area contributed by atoms with Crippen LogP contribution in [0.15, 0.2) is 30.3 Å². The maximum Gasteiger partial charge on any atom is 0.221 e. The standard InChI is InChI=1S/C20H23NO6/c1-12(23)21-16-10-14(5-6-15(16)11-22)17(24)7-13-8-18(25-2)20(27-4)19(9-13)26-3/h5-6,8-10,22H,7,11H2,1-4H3,(H,21,23). The Labute approximate surface area is 157 Å². The van der Waals surface area contributed by atoms with E-state index in [0.29, 0.717) is 39.6 Å². The number of Topliss-reactive ketones (excluding diaryl/α,β-unsaturated/α-hetero) is 1. The van der Waals surface area contributed by atoms with Crippen molar-refractivity contribution in [2.45, 2.75) is 20.0 Å². The van der Waals surface area contributed by atoms with Gasteiger partial charge in [-0.3, -0.25) is 9.59 Å². The van der Waals surface area contributed by atoms with E-state index in [0.717, 1.165) is 0 Å². The average Bonchev–Trinajstić information content (AvgIpc) is 2.66. The second kappa shape index (κ2) is 9.05. The zero-order valence-electron chi connectivity index (χ0n) is 15.8. The summed E-state index contributed by atoms with van der Waals surface area (Å²) >= 11 is 0. The predicted molar refractivity (Wildman–Crippen MR) is 101 cm³/mol. The zero-order valence-corrected chi connectivity index (χ0v) is 15.8. The van der Waals surface area contributed by atoms with Crippen LogP contribution >= 0.6 is 0 Å². The number of benzene rings is 2. The topological polar surface area (TPSA) is 94.1 Å². The lowest BCUT2D eigenvalue weighted by atomic mass is 10.00. The van der Waals surface area contributed by atoms with Crippen molar-refractivity contribution in [3.05, 3.63) is 47.0 Å². The van der Waals surface area contributed by atoms with Crippen molar-refractivity contribution in [1.29, 1.82) is 0 Å². The van der Waals surface area contributed by atoms with Gasteiger partial charge in [0.2, 0.25) is 11.7 Å². The summed E-state index contributed by atoms with van der Waals surface area (Å²) in [5, 5.41) is 12.0. The second-order valence-electron chi connectivity index (χ2n) is 5.84. The van der Waals surface area contributed by atoms with Gasteiger partial charge < -0.3 is 24.6 Å². The number of aliphatic hydroxyl groups is 1. The van der Waals surface area contributed by atoms with Gasteiger partial charge >= 0.3 is 0 Å². The van der Waals surface area contributed by atoms with Crippen LogP contribution in [0.4, 0.5) is 5.69 Å². The van der Waals surface area contributed by atoms with Crippen molar-refractivity contribution < 1.29 is 28.9 Å². The molecular formula is C20H23NO6. The molecule has 0 fully saturated rings. The lowest BCUT2D eigenvalue weighted by Gasteiger charge is -2.14. The van der Waals surface area contributed by atoms with Gasteiger partial charge in [-0.25, -0.2) is 0 Å². The number of carbonyl (C=O) groups excluding carboxylic acids is 2.